The maximum absolute atomic E-state index is 14.0. The van der Waals surface area contributed by atoms with Crippen LogP contribution in [0.1, 0.15) is 23.2 Å². The van der Waals surface area contributed by atoms with Crippen LogP contribution in [0.4, 0.5) is 14.5 Å². The van der Waals surface area contributed by atoms with E-state index < -0.39 is 45.4 Å². The first-order valence-electron chi connectivity index (χ1n) is 5.72. The van der Waals surface area contributed by atoms with E-state index in [1.807, 2.05) is 0 Å². The van der Waals surface area contributed by atoms with Gasteiger partial charge in [-0.15, -0.1) is 0 Å². The summed E-state index contributed by atoms with van der Waals surface area (Å²) in [5.74, 6) is -4.87. The summed E-state index contributed by atoms with van der Waals surface area (Å²) in [6.45, 7) is 1.60. The zero-order chi connectivity index (χ0) is 15.7. The van der Waals surface area contributed by atoms with Crippen molar-refractivity contribution in [2.24, 2.45) is 0 Å². The first kappa shape index (κ1) is 14.6. The highest BCUT2D eigenvalue weighted by molar-refractivity contribution is 5.86. The number of aromatic nitrogens is 1. The van der Waals surface area contributed by atoms with Crippen LogP contribution in [0.15, 0.2) is 16.5 Å². The Labute approximate surface area is 116 Å². The average molecular weight is 298 g/mol. The number of aryl methyl sites for hydroxylation is 1. The summed E-state index contributed by atoms with van der Waals surface area (Å²) in [6, 6.07) is 1.07. The number of nitro groups is 1. The van der Waals surface area contributed by atoms with Crippen molar-refractivity contribution in [2.75, 3.05) is 0 Å². The Kier molecular flexibility index (Phi) is 3.66. The number of carboxylic acids is 1. The molecule has 2 rings (SSSR count). The molecule has 0 aliphatic heterocycles. The number of carboxylic acid groups (broad SMARTS) is 1. The van der Waals surface area contributed by atoms with Gasteiger partial charge in [0.2, 0.25) is 17.5 Å². The van der Waals surface area contributed by atoms with Crippen molar-refractivity contribution in [1.82, 2.24) is 4.98 Å². The zero-order valence-corrected chi connectivity index (χ0v) is 10.6. The lowest BCUT2D eigenvalue weighted by molar-refractivity contribution is -0.387. The lowest BCUT2D eigenvalue weighted by Gasteiger charge is -2.00. The Hall–Kier alpha value is -2.84. The number of aromatic carboxylic acids is 1. The highest BCUT2D eigenvalue weighted by Gasteiger charge is 2.26. The molecule has 0 aliphatic rings. The third kappa shape index (κ3) is 2.57. The quantitative estimate of drug-likeness (QED) is 0.687. The number of nitro benzene ring substituents is 1. The van der Waals surface area contributed by atoms with Gasteiger partial charge in [-0.3, -0.25) is 10.1 Å². The molecule has 7 nitrogen and oxygen atoms in total. The molecular formula is C12H8F2N2O5. The van der Waals surface area contributed by atoms with Crippen LogP contribution >= 0.6 is 0 Å². The number of oxazole rings is 1. The van der Waals surface area contributed by atoms with Gasteiger partial charge in [0.25, 0.3) is 0 Å². The minimum Gasteiger partial charge on any atom is -0.475 e. The van der Waals surface area contributed by atoms with Crippen LogP contribution in [0, 0.1) is 21.7 Å². The summed E-state index contributed by atoms with van der Waals surface area (Å²) < 4.78 is 32.2. The molecule has 0 unspecified atom stereocenters. The maximum Gasteiger partial charge on any atom is 0.373 e. The van der Waals surface area contributed by atoms with Crippen molar-refractivity contribution >= 4 is 11.7 Å². The third-order valence-electron chi connectivity index (χ3n) is 2.67. The zero-order valence-electron chi connectivity index (χ0n) is 10.6. The van der Waals surface area contributed by atoms with Crippen LogP contribution in [-0.4, -0.2) is 21.0 Å². The highest BCUT2D eigenvalue weighted by atomic mass is 19.1. The summed E-state index contributed by atoms with van der Waals surface area (Å²) in [7, 11) is 0. The van der Waals surface area contributed by atoms with Crippen molar-refractivity contribution in [3.63, 3.8) is 0 Å². The van der Waals surface area contributed by atoms with Gasteiger partial charge in [0.05, 0.1) is 22.2 Å². The standard InChI is InChI=1S/C12H8F2N2O5/c1-2-7-10(12(17)18)21-11(15-7)6-3-5(13)4-8(9(6)14)16(19)20/h3-4H,2H2,1H3,(H,17,18). The largest absolute Gasteiger partial charge is 0.475 e. The molecule has 9 heteroatoms. The fourth-order valence-corrected chi connectivity index (χ4v) is 1.74. The van der Waals surface area contributed by atoms with Crippen molar-refractivity contribution < 1.29 is 28.0 Å². The molecule has 0 spiro atoms. The second-order valence-corrected chi connectivity index (χ2v) is 4.00. The molecular weight excluding hydrogens is 290 g/mol. The van der Waals surface area contributed by atoms with Gasteiger partial charge in [0.15, 0.2) is 0 Å². The Morgan fingerprint density at radius 2 is 2.14 bits per heavy atom. The smallest absolute Gasteiger partial charge is 0.373 e. The molecule has 0 amide bonds. The van der Waals surface area contributed by atoms with Crippen LogP contribution in [0.5, 0.6) is 0 Å². The minimum absolute atomic E-state index is 0.0313. The van der Waals surface area contributed by atoms with Crippen LogP contribution in [-0.2, 0) is 6.42 Å². The summed E-state index contributed by atoms with van der Waals surface area (Å²) in [5.41, 5.74) is -1.66. The molecule has 0 atom stereocenters. The van der Waals surface area contributed by atoms with Gasteiger partial charge in [-0.1, -0.05) is 6.92 Å². The van der Waals surface area contributed by atoms with E-state index in [0.717, 1.165) is 0 Å². The van der Waals surface area contributed by atoms with Gasteiger partial charge in [0.1, 0.15) is 5.82 Å². The molecule has 110 valence electrons. The second kappa shape index (κ2) is 5.27. The molecule has 0 saturated heterocycles. The minimum atomic E-state index is -1.42. The lowest BCUT2D eigenvalue weighted by Crippen LogP contribution is -1.98. The number of nitrogens with zero attached hydrogens (tertiary/aromatic N) is 2. The predicted molar refractivity (Wildman–Crippen MR) is 64.8 cm³/mol. The van der Waals surface area contributed by atoms with Gasteiger partial charge in [-0.2, -0.15) is 4.39 Å². The molecule has 1 N–H and O–H groups in total. The Morgan fingerprint density at radius 3 is 2.62 bits per heavy atom. The molecule has 0 aliphatic carbocycles. The average Bonchev–Trinajstić information content (AvgIpc) is 2.84. The van der Waals surface area contributed by atoms with Crippen LogP contribution in [0.25, 0.3) is 11.5 Å². The molecule has 0 radical (unpaired) electrons. The van der Waals surface area contributed by atoms with E-state index in [1.165, 1.54) is 0 Å². The van der Waals surface area contributed by atoms with Crippen molar-refractivity contribution in [2.45, 2.75) is 13.3 Å². The molecule has 0 fully saturated rings. The number of carbonyl (C=O) groups is 1. The van der Waals surface area contributed by atoms with Gasteiger partial charge in [0, 0.05) is 0 Å². The lowest BCUT2D eigenvalue weighted by atomic mass is 10.1. The third-order valence-corrected chi connectivity index (χ3v) is 2.67. The van der Waals surface area contributed by atoms with E-state index in [-0.39, 0.29) is 12.1 Å². The first-order chi connectivity index (χ1) is 9.85. The summed E-state index contributed by atoms with van der Waals surface area (Å²) in [4.78, 5) is 24.2. The molecule has 0 bridgehead atoms. The van der Waals surface area contributed by atoms with Crippen LogP contribution < -0.4 is 0 Å². The van der Waals surface area contributed by atoms with Crippen LogP contribution in [0.2, 0.25) is 0 Å². The predicted octanol–water partition coefficient (Wildman–Crippen LogP) is 2.79. The number of hydrogen-bond acceptors (Lipinski definition) is 5. The maximum atomic E-state index is 14.0. The Morgan fingerprint density at radius 1 is 1.48 bits per heavy atom. The van der Waals surface area contributed by atoms with E-state index in [2.05, 4.69) is 4.98 Å². The van der Waals surface area contributed by atoms with Gasteiger partial charge in [-0.05, 0) is 12.5 Å². The van der Waals surface area contributed by atoms with E-state index in [4.69, 9.17) is 9.52 Å². The van der Waals surface area contributed by atoms with Crippen molar-refractivity contribution in [3.05, 3.63) is 45.3 Å². The topological polar surface area (TPSA) is 106 Å². The molecule has 21 heavy (non-hydrogen) atoms. The fourth-order valence-electron chi connectivity index (χ4n) is 1.74. The molecule has 1 aromatic carbocycles. The summed E-state index contributed by atoms with van der Waals surface area (Å²) >= 11 is 0. The van der Waals surface area contributed by atoms with E-state index in [1.54, 1.807) is 6.92 Å². The van der Waals surface area contributed by atoms with E-state index in [9.17, 15) is 23.7 Å². The Balaban J connectivity index is 2.67. The SMILES string of the molecule is CCc1nc(-c2cc(F)cc([N+](=O)[O-])c2F)oc1C(=O)O. The van der Waals surface area contributed by atoms with E-state index >= 15 is 0 Å². The summed E-state index contributed by atoms with van der Waals surface area (Å²) in [5, 5.41) is 19.6. The van der Waals surface area contributed by atoms with Gasteiger partial charge in [-0.25, -0.2) is 14.2 Å². The molecule has 1 heterocycles. The number of benzene rings is 1. The number of hydrogen-bond donors (Lipinski definition) is 1. The van der Waals surface area contributed by atoms with Crippen molar-refractivity contribution in [3.8, 4) is 11.5 Å². The van der Waals surface area contributed by atoms with Crippen molar-refractivity contribution in [1.29, 1.82) is 0 Å². The normalized spacial score (nSPS) is 10.6. The van der Waals surface area contributed by atoms with Gasteiger partial charge < -0.3 is 9.52 Å². The Bertz CT molecular complexity index is 741. The monoisotopic (exact) mass is 298 g/mol. The number of halogens is 2. The van der Waals surface area contributed by atoms with E-state index in [0.29, 0.717) is 12.1 Å². The summed E-state index contributed by atoms with van der Waals surface area (Å²) in [6.07, 6.45) is 0.185. The number of rotatable bonds is 4. The second-order valence-electron chi connectivity index (χ2n) is 4.00. The molecule has 2 aromatic rings. The van der Waals surface area contributed by atoms with Gasteiger partial charge >= 0.3 is 11.7 Å². The molecule has 1 aromatic heterocycles. The van der Waals surface area contributed by atoms with Crippen LogP contribution in [0.3, 0.4) is 0 Å². The highest BCUT2D eigenvalue weighted by Crippen LogP contribution is 2.31. The fraction of sp³-hybridized carbons (Fsp3) is 0.167. The molecule has 0 saturated carbocycles. The first-order valence-corrected chi connectivity index (χ1v) is 5.72.